The molecular formula is C12H19N3O2. The first-order valence-electron chi connectivity index (χ1n) is 5.68. The Morgan fingerprint density at radius 2 is 1.94 bits per heavy atom. The van der Waals surface area contributed by atoms with Crippen LogP contribution < -0.4 is 16.6 Å². The van der Waals surface area contributed by atoms with E-state index in [1.54, 1.807) is 13.1 Å². The number of rotatable bonds is 5. The van der Waals surface area contributed by atoms with Crippen molar-refractivity contribution >= 4 is 5.82 Å². The molecule has 5 heteroatoms. The summed E-state index contributed by atoms with van der Waals surface area (Å²) in [4.78, 5) is 23.8. The monoisotopic (exact) mass is 237 g/mol. The maximum Gasteiger partial charge on any atom is 0.332 e. The normalized spacial score (nSPS) is 10.3. The molecule has 1 aromatic heterocycles. The van der Waals surface area contributed by atoms with E-state index in [0.717, 1.165) is 17.5 Å². The molecule has 0 unspecified atom stereocenters. The van der Waals surface area contributed by atoms with Gasteiger partial charge in [0.2, 0.25) is 0 Å². The predicted molar refractivity (Wildman–Crippen MR) is 69.6 cm³/mol. The smallest absolute Gasteiger partial charge is 0.332 e. The van der Waals surface area contributed by atoms with Crippen LogP contribution in [0.15, 0.2) is 22.2 Å². The molecule has 1 rings (SSSR count). The molecule has 0 aliphatic carbocycles. The van der Waals surface area contributed by atoms with Crippen molar-refractivity contribution in [2.24, 2.45) is 14.1 Å². The second kappa shape index (κ2) is 5.52. The lowest BCUT2D eigenvalue weighted by Gasteiger charge is -2.15. The van der Waals surface area contributed by atoms with E-state index in [0.29, 0.717) is 17.8 Å². The molecule has 0 atom stereocenters. The molecule has 94 valence electrons. The van der Waals surface area contributed by atoms with Gasteiger partial charge in [-0.05, 0) is 12.8 Å². The first-order chi connectivity index (χ1) is 8.04. The molecule has 0 bridgehead atoms. The topological polar surface area (TPSA) is 56.0 Å². The molecule has 0 aliphatic heterocycles. The van der Waals surface area contributed by atoms with Gasteiger partial charge in [0.1, 0.15) is 5.82 Å². The second-order valence-electron chi connectivity index (χ2n) is 3.95. The van der Waals surface area contributed by atoms with E-state index in [4.69, 9.17) is 0 Å². The minimum Gasteiger partial charge on any atom is -0.371 e. The van der Waals surface area contributed by atoms with Gasteiger partial charge in [-0.25, -0.2) is 4.79 Å². The van der Waals surface area contributed by atoms with Gasteiger partial charge in [0.05, 0.1) is 5.56 Å². The summed E-state index contributed by atoms with van der Waals surface area (Å²) in [7, 11) is 3.15. The summed E-state index contributed by atoms with van der Waals surface area (Å²) in [5.74, 6) is 0.597. The average Bonchev–Trinajstić information content (AvgIpc) is 2.33. The summed E-state index contributed by atoms with van der Waals surface area (Å²) >= 11 is 0. The van der Waals surface area contributed by atoms with Crippen LogP contribution in [0.4, 0.5) is 5.82 Å². The maximum absolute atomic E-state index is 12.0. The van der Waals surface area contributed by atoms with Gasteiger partial charge >= 0.3 is 5.69 Å². The Bertz CT molecular complexity index is 526. The minimum atomic E-state index is -0.318. The molecule has 0 radical (unpaired) electrons. The maximum atomic E-state index is 12.0. The Labute approximate surface area is 100 Å². The number of nitrogens with one attached hydrogen (secondary N) is 1. The summed E-state index contributed by atoms with van der Waals surface area (Å²) in [6, 6.07) is 0. The molecule has 0 aliphatic rings. The van der Waals surface area contributed by atoms with Crippen molar-refractivity contribution in [2.75, 3.05) is 11.9 Å². The van der Waals surface area contributed by atoms with E-state index in [9.17, 15) is 9.59 Å². The van der Waals surface area contributed by atoms with Crippen molar-refractivity contribution in [3.63, 3.8) is 0 Å². The van der Waals surface area contributed by atoms with Crippen LogP contribution in [-0.2, 0) is 20.5 Å². The summed E-state index contributed by atoms with van der Waals surface area (Å²) in [5.41, 5.74) is 0.00562. The van der Waals surface area contributed by atoms with Gasteiger partial charge in [-0.1, -0.05) is 13.0 Å². The lowest BCUT2D eigenvalue weighted by atomic mass is 10.2. The Kier molecular flexibility index (Phi) is 4.31. The lowest BCUT2D eigenvalue weighted by Crippen LogP contribution is -2.40. The number of hydrogen-bond acceptors (Lipinski definition) is 3. The van der Waals surface area contributed by atoms with Crippen LogP contribution in [0, 0.1) is 0 Å². The van der Waals surface area contributed by atoms with Crippen LogP contribution in [0.3, 0.4) is 0 Å². The van der Waals surface area contributed by atoms with E-state index < -0.39 is 0 Å². The predicted octanol–water partition coefficient (Wildman–Crippen LogP) is 0.634. The molecule has 1 aromatic rings. The third-order valence-electron chi connectivity index (χ3n) is 2.65. The number of allylic oxidation sites excluding steroid dienone is 1. The van der Waals surface area contributed by atoms with Crippen LogP contribution >= 0.6 is 0 Å². The van der Waals surface area contributed by atoms with Gasteiger partial charge in [0, 0.05) is 20.6 Å². The van der Waals surface area contributed by atoms with Crippen molar-refractivity contribution in [1.82, 2.24) is 9.13 Å². The summed E-state index contributed by atoms with van der Waals surface area (Å²) in [6.07, 6.45) is 3.04. The van der Waals surface area contributed by atoms with Crippen molar-refractivity contribution < 1.29 is 0 Å². The lowest BCUT2D eigenvalue weighted by molar-refractivity contribution is 0.676. The SMILES string of the molecule is C=CCc1c(NCCC)n(C)c(=O)n(C)c1=O. The van der Waals surface area contributed by atoms with E-state index in [2.05, 4.69) is 11.9 Å². The highest BCUT2D eigenvalue weighted by Gasteiger charge is 2.13. The Balaban J connectivity index is 3.47. The quantitative estimate of drug-likeness (QED) is 0.764. The van der Waals surface area contributed by atoms with Crippen molar-refractivity contribution in [3.8, 4) is 0 Å². The van der Waals surface area contributed by atoms with E-state index in [-0.39, 0.29) is 11.2 Å². The van der Waals surface area contributed by atoms with Crippen LogP contribution in [0.5, 0.6) is 0 Å². The standard InChI is InChI=1S/C12H19N3O2/c1-5-7-9-10(13-8-6-2)14(3)12(17)15(4)11(9)16/h5,13H,1,6-8H2,2-4H3. The van der Waals surface area contributed by atoms with Gasteiger partial charge < -0.3 is 5.32 Å². The minimum absolute atomic E-state index is 0.258. The molecule has 17 heavy (non-hydrogen) atoms. The zero-order chi connectivity index (χ0) is 13.0. The second-order valence-corrected chi connectivity index (χ2v) is 3.95. The first kappa shape index (κ1) is 13.3. The highest BCUT2D eigenvalue weighted by molar-refractivity contribution is 5.44. The van der Waals surface area contributed by atoms with Crippen molar-refractivity contribution in [1.29, 1.82) is 0 Å². The highest BCUT2D eigenvalue weighted by atomic mass is 16.2. The largest absolute Gasteiger partial charge is 0.371 e. The Morgan fingerprint density at radius 1 is 1.29 bits per heavy atom. The molecule has 0 aromatic carbocycles. The van der Waals surface area contributed by atoms with Gasteiger partial charge in [-0.15, -0.1) is 6.58 Å². The van der Waals surface area contributed by atoms with Gasteiger partial charge in [0.15, 0.2) is 0 Å². The van der Waals surface area contributed by atoms with E-state index in [1.165, 1.54) is 11.6 Å². The Morgan fingerprint density at radius 3 is 2.47 bits per heavy atom. The number of aromatic nitrogens is 2. The molecule has 1 heterocycles. The third-order valence-corrected chi connectivity index (χ3v) is 2.65. The Hall–Kier alpha value is -1.78. The molecule has 0 spiro atoms. The van der Waals surface area contributed by atoms with Crippen LogP contribution in [-0.4, -0.2) is 15.7 Å². The molecule has 0 amide bonds. The van der Waals surface area contributed by atoms with E-state index >= 15 is 0 Å². The molecule has 5 nitrogen and oxygen atoms in total. The summed E-state index contributed by atoms with van der Waals surface area (Å²) < 4.78 is 2.59. The van der Waals surface area contributed by atoms with Crippen LogP contribution in [0.2, 0.25) is 0 Å². The molecular weight excluding hydrogens is 218 g/mol. The van der Waals surface area contributed by atoms with Crippen LogP contribution in [0.1, 0.15) is 18.9 Å². The van der Waals surface area contributed by atoms with Gasteiger partial charge in [-0.2, -0.15) is 0 Å². The third kappa shape index (κ3) is 2.49. The average molecular weight is 237 g/mol. The summed E-state index contributed by atoms with van der Waals surface area (Å²) in [6.45, 7) is 6.39. The van der Waals surface area contributed by atoms with Crippen molar-refractivity contribution in [3.05, 3.63) is 39.1 Å². The number of hydrogen-bond donors (Lipinski definition) is 1. The fourth-order valence-corrected chi connectivity index (χ4v) is 1.71. The van der Waals surface area contributed by atoms with Gasteiger partial charge in [-0.3, -0.25) is 13.9 Å². The first-order valence-corrected chi connectivity index (χ1v) is 5.68. The zero-order valence-corrected chi connectivity index (χ0v) is 10.6. The fourth-order valence-electron chi connectivity index (χ4n) is 1.71. The molecule has 0 saturated heterocycles. The summed E-state index contributed by atoms with van der Waals surface area (Å²) in [5, 5.41) is 3.13. The number of anilines is 1. The molecule has 0 fully saturated rings. The highest BCUT2D eigenvalue weighted by Crippen LogP contribution is 2.09. The zero-order valence-electron chi connectivity index (χ0n) is 10.6. The number of nitrogens with zero attached hydrogens (tertiary/aromatic N) is 2. The fraction of sp³-hybridized carbons (Fsp3) is 0.500. The van der Waals surface area contributed by atoms with E-state index in [1.807, 2.05) is 6.92 Å². The van der Waals surface area contributed by atoms with Crippen molar-refractivity contribution in [2.45, 2.75) is 19.8 Å². The van der Waals surface area contributed by atoms with Crippen LogP contribution in [0.25, 0.3) is 0 Å². The molecule has 0 saturated carbocycles. The molecule has 1 N–H and O–H groups in total. The van der Waals surface area contributed by atoms with Gasteiger partial charge in [0.25, 0.3) is 5.56 Å².